The van der Waals surface area contributed by atoms with Crippen molar-refractivity contribution >= 4 is 11.6 Å². The average Bonchev–Trinajstić information content (AvgIpc) is 2.88. The first-order chi connectivity index (χ1) is 9.22. The van der Waals surface area contributed by atoms with Gasteiger partial charge in [0.25, 0.3) is 5.89 Å². The fourth-order valence-electron chi connectivity index (χ4n) is 1.86. The van der Waals surface area contributed by atoms with Gasteiger partial charge in [0.15, 0.2) is 0 Å². The number of nitrogens with zero attached hydrogens (tertiary/aromatic N) is 2. The first kappa shape index (κ1) is 11.9. The Bertz CT molecular complexity index is 661. The van der Waals surface area contributed by atoms with E-state index in [1.165, 1.54) is 0 Å². The van der Waals surface area contributed by atoms with Gasteiger partial charge in [-0.05, 0) is 31.2 Å². The van der Waals surface area contributed by atoms with Crippen LogP contribution in [0.3, 0.4) is 0 Å². The molecule has 3 nitrogen and oxygen atoms in total. The van der Waals surface area contributed by atoms with E-state index in [0.29, 0.717) is 16.7 Å². The third kappa shape index (κ3) is 2.51. The molecule has 0 radical (unpaired) electrons. The normalized spacial score (nSPS) is 10.6. The second-order valence-electron chi connectivity index (χ2n) is 4.30. The lowest BCUT2D eigenvalue weighted by molar-refractivity contribution is 0.432. The Hall–Kier alpha value is -2.13. The summed E-state index contributed by atoms with van der Waals surface area (Å²) >= 11 is 5.95. The summed E-state index contributed by atoms with van der Waals surface area (Å²) in [6.45, 7) is 2.03. The third-order valence-electron chi connectivity index (χ3n) is 2.77. The van der Waals surface area contributed by atoms with Crippen molar-refractivity contribution in [3.8, 4) is 22.8 Å². The maximum absolute atomic E-state index is 5.95. The number of hydrogen-bond donors (Lipinski definition) is 0. The van der Waals surface area contributed by atoms with Crippen LogP contribution in [-0.4, -0.2) is 10.1 Å². The molecule has 3 aromatic rings. The molecule has 0 aliphatic carbocycles. The molecule has 19 heavy (non-hydrogen) atoms. The molecule has 0 fully saturated rings. The number of halogens is 1. The molecule has 0 amide bonds. The minimum atomic E-state index is 0.471. The minimum Gasteiger partial charge on any atom is -0.334 e. The van der Waals surface area contributed by atoms with E-state index in [-0.39, 0.29) is 0 Å². The van der Waals surface area contributed by atoms with Crippen LogP contribution in [-0.2, 0) is 0 Å². The van der Waals surface area contributed by atoms with Crippen molar-refractivity contribution < 1.29 is 4.52 Å². The van der Waals surface area contributed by atoms with E-state index in [2.05, 4.69) is 10.1 Å². The topological polar surface area (TPSA) is 38.9 Å². The number of benzene rings is 2. The van der Waals surface area contributed by atoms with Gasteiger partial charge in [0.05, 0.1) is 0 Å². The standard InChI is InChI=1S/C15H11ClN2O/c1-10-4-2-5-11(8-10)14-17-15(19-18-14)12-6-3-7-13(16)9-12/h2-9H,1H3. The average molecular weight is 271 g/mol. The molecule has 0 aliphatic heterocycles. The van der Waals surface area contributed by atoms with Crippen LogP contribution in [0.25, 0.3) is 22.8 Å². The molecule has 1 aromatic heterocycles. The van der Waals surface area contributed by atoms with Crippen LogP contribution in [0.15, 0.2) is 53.1 Å². The Morgan fingerprint density at radius 3 is 2.58 bits per heavy atom. The van der Waals surface area contributed by atoms with E-state index in [1.54, 1.807) is 6.07 Å². The third-order valence-corrected chi connectivity index (χ3v) is 3.01. The van der Waals surface area contributed by atoms with Gasteiger partial charge in [-0.25, -0.2) is 0 Å². The Labute approximate surface area is 115 Å². The molecule has 1 heterocycles. The van der Waals surface area contributed by atoms with Crippen LogP contribution >= 0.6 is 11.6 Å². The molecular formula is C15H11ClN2O. The molecule has 0 saturated carbocycles. The predicted octanol–water partition coefficient (Wildman–Crippen LogP) is 4.37. The first-order valence-corrected chi connectivity index (χ1v) is 6.27. The summed E-state index contributed by atoms with van der Waals surface area (Å²) in [7, 11) is 0. The molecule has 0 N–H and O–H groups in total. The van der Waals surface area contributed by atoms with Crippen LogP contribution in [0.5, 0.6) is 0 Å². The molecule has 0 bridgehead atoms. The molecule has 0 unspecified atom stereocenters. The number of aryl methyl sites for hydroxylation is 1. The lowest BCUT2D eigenvalue weighted by atomic mass is 10.1. The lowest BCUT2D eigenvalue weighted by Crippen LogP contribution is -1.82. The van der Waals surface area contributed by atoms with E-state index in [9.17, 15) is 0 Å². The van der Waals surface area contributed by atoms with Gasteiger partial charge >= 0.3 is 0 Å². The van der Waals surface area contributed by atoms with Gasteiger partial charge in [0.2, 0.25) is 5.82 Å². The Morgan fingerprint density at radius 1 is 1.00 bits per heavy atom. The molecule has 3 rings (SSSR count). The van der Waals surface area contributed by atoms with Gasteiger partial charge in [0, 0.05) is 16.1 Å². The second kappa shape index (κ2) is 4.86. The quantitative estimate of drug-likeness (QED) is 0.694. The van der Waals surface area contributed by atoms with E-state index in [0.717, 1.165) is 16.7 Å². The molecular weight excluding hydrogens is 260 g/mol. The maximum atomic E-state index is 5.95. The zero-order chi connectivity index (χ0) is 13.2. The van der Waals surface area contributed by atoms with Crippen molar-refractivity contribution in [2.45, 2.75) is 6.92 Å². The van der Waals surface area contributed by atoms with Gasteiger partial charge in [-0.3, -0.25) is 0 Å². The fraction of sp³-hybridized carbons (Fsp3) is 0.0667. The summed E-state index contributed by atoms with van der Waals surface area (Å²) in [5, 5.41) is 4.65. The van der Waals surface area contributed by atoms with E-state index < -0.39 is 0 Å². The summed E-state index contributed by atoms with van der Waals surface area (Å²) in [4.78, 5) is 4.40. The highest BCUT2D eigenvalue weighted by atomic mass is 35.5. The number of aromatic nitrogens is 2. The zero-order valence-electron chi connectivity index (χ0n) is 10.3. The van der Waals surface area contributed by atoms with Gasteiger partial charge < -0.3 is 4.52 Å². The van der Waals surface area contributed by atoms with Crippen molar-refractivity contribution in [1.82, 2.24) is 10.1 Å². The van der Waals surface area contributed by atoms with Crippen molar-refractivity contribution in [3.05, 3.63) is 59.1 Å². The summed E-state index contributed by atoms with van der Waals surface area (Å²) in [5.41, 5.74) is 2.92. The van der Waals surface area contributed by atoms with Crippen molar-refractivity contribution in [2.75, 3.05) is 0 Å². The number of hydrogen-bond acceptors (Lipinski definition) is 3. The Balaban J connectivity index is 2.00. The van der Waals surface area contributed by atoms with Gasteiger partial charge in [0.1, 0.15) is 0 Å². The fourth-order valence-corrected chi connectivity index (χ4v) is 2.05. The van der Waals surface area contributed by atoms with Crippen LogP contribution in [0.4, 0.5) is 0 Å². The van der Waals surface area contributed by atoms with Crippen molar-refractivity contribution in [2.24, 2.45) is 0 Å². The Morgan fingerprint density at radius 2 is 1.79 bits per heavy atom. The molecule has 0 saturated heterocycles. The van der Waals surface area contributed by atoms with Gasteiger partial charge in [-0.1, -0.05) is 46.6 Å². The summed E-state index contributed by atoms with van der Waals surface area (Å²) in [6, 6.07) is 15.3. The summed E-state index contributed by atoms with van der Waals surface area (Å²) < 4.78 is 5.28. The molecule has 0 atom stereocenters. The zero-order valence-corrected chi connectivity index (χ0v) is 11.1. The Kier molecular flexibility index (Phi) is 3.05. The highest BCUT2D eigenvalue weighted by Crippen LogP contribution is 2.24. The monoisotopic (exact) mass is 270 g/mol. The summed E-state index contributed by atoms with van der Waals surface area (Å²) in [6.07, 6.45) is 0. The van der Waals surface area contributed by atoms with Gasteiger partial charge in [-0.15, -0.1) is 0 Å². The van der Waals surface area contributed by atoms with Crippen LogP contribution in [0.2, 0.25) is 5.02 Å². The van der Waals surface area contributed by atoms with E-state index >= 15 is 0 Å². The maximum Gasteiger partial charge on any atom is 0.258 e. The highest BCUT2D eigenvalue weighted by molar-refractivity contribution is 6.30. The van der Waals surface area contributed by atoms with E-state index in [1.807, 2.05) is 49.4 Å². The van der Waals surface area contributed by atoms with Gasteiger partial charge in [-0.2, -0.15) is 4.98 Å². The molecule has 2 aromatic carbocycles. The molecule has 4 heteroatoms. The van der Waals surface area contributed by atoms with Crippen molar-refractivity contribution in [1.29, 1.82) is 0 Å². The smallest absolute Gasteiger partial charge is 0.258 e. The van der Waals surface area contributed by atoms with Crippen molar-refractivity contribution in [3.63, 3.8) is 0 Å². The minimum absolute atomic E-state index is 0.471. The largest absolute Gasteiger partial charge is 0.334 e. The predicted molar refractivity (Wildman–Crippen MR) is 74.9 cm³/mol. The molecule has 0 aliphatic rings. The van der Waals surface area contributed by atoms with Crippen LogP contribution in [0, 0.1) is 6.92 Å². The lowest BCUT2D eigenvalue weighted by Gasteiger charge is -1.95. The van der Waals surface area contributed by atoms with E-state index in [4.69, 9.17) is 16.1 Å². The van der Waals surface area contributed by atoms with Crippen LogP contribution in [0.1, 0.15) is 5.56 Å². The first-order valence-electron chi connectivity index (χ1n) is 5.89. The second-order valence-corrected chi connectivity index (χ2v) is 4.74. The number of rotatable bonds is 2. The highest BCUT2D eigenvalue weighted by Gasteiger charge is 2.10. The summed E-state index contributed by atoms with van der Waals surface area (Å²) in [5.74, 6) is 1.05. The SMILES string of the molecule is Cc1cccc(-c2noc(-c3cccc(Cl)c3)n2)c1. The molecule has 0 spiro atoms. The molecule has 94 valence electrons. The van der Waals surface area contributed by atoms with Crippen LogP contribution < -0.4 is 0 Å².